The number of nitrogens with zero attached hydrogens (tertiary/aromatic N) is 1. The average molecular weight is 449 g/mol. The van der Waals surface area contributed by atoms with E-state index in [-0.39, 0.29) is 11.0 Å². The molecule has 0 atom stereocenters. The number of halogens is 1. The van der Waals surface area contributed by atoms with Gasteiger partial charge in [-0.1, -0.05) is 24.3 Å². The summed E-state index contributed by atoms with van der Waals surface area (Å²) in [7, 11) is -3.49. The van der Waals surface area contributed by atoms with Gasteiger partial charge in [0, 0.05) is 19.0 Å². The molecule has 2 aliphatic rings. The van der Waals surface area contributed by atoms with Crippen LogP contribution in [0.4, 0.5) is 0 Å². The van der Waals surface area contributed by atoms with Crippen molar-refractivity contribution in [1.82, 2.24) is 9.62 Å². The molecule has 2 aromatic rings. The van der Waals surface area contributed by atoms with Gasteiger partial charge in [-0.05, 0) is 80.1 Å². The van der Waals surface area contributed by atoms with Gasteiger partial charge in [0.25, 0.3) is 0 Å². The highest BCUT2D eigenvalue weighted by atomic mass is 35.5. The molecule has 2 fully saturated rings. The van der Waals surface area contributed by atoms with Crippen LogP contribution in [-0.2, 0) is 22.4 Å². The van der Waals surface area contributed by atoms with Gasteiger partial charge < -0.3 is 4.74 Å². The van der Waals surface area contributed by atoms with E-state index in [4.69, 9.17) is 16.3 Å². The number of benzene rings is 2. The fraction of sp³-hybridized carbons (Fsp3) is 0.478. The van der Waals surface area contributed by atoms with Crippen LogP contribution in [0.3, 0.4) is 0 Å². The minimum atomic E-state index is -3.49. The molecule has 162 valence electrons. The first-order chi connectivity index (χ1) is 14.5. The van der Waals surface area contributed by atoms with Gasteiger partial charge in [-0.3, -0.25) is 4.90 Å². The molecule has 1 heterocycles. The molecule has 30 heavy (non-hydrogen) atoms. The molecular weight excluding hydrogens is 420 g/mol. The van der Waals surface area contributed by atoms with Gasteiger partial charge in [-0.15, -0.1) is 11.6 Å². The van der Waals surface area contributed by atoms with Crippen molar-refractivity contribution in [3.05, 3.63) is 59.7 Å². The number of alkyl halides is 1. The molecule has 5 nitrogen and oxygen atoms in total. The Labute approximate surface area is 184 Å². The lowest BCUT2D eigenvalue weighted by Gasteiger charge is -2.35. The number of sulfonamides is 1. The summed E-state index contributed by atoms with van der Waals surface area (Å²) in [6, 6.07) is 15.1. The molecule has 0 amide bonds. The van der Waals surface area contributed by atoms with E-state index in [0.29, 0.717) is 18.3 Å². The van der Waals surface area contributed by atoms with Crippen LogP contribution in [0, 0.1) is 5.92 Å². The first-order valence-corrected chi connectivity index (χ1v) is 12.7. The van der Waals surface area contributed by atoms with Crippen LogP contribution in [0.1, 0.15) is 36.8 Å². The lowest BCUT2D eigenvalue weighted by molar-refractivity contribution is 0.0673. The molecule has 4 rings (SSSR count). The monoisotopic (exact) mass is 448 g/mol. The summed E-state index contributed by atoms with van der Waals surface area (Å²) in [6.45, 7) is 3.85. The topological polar surface area (TPSA) is 58.6 Å². The summed E-state index contributed by atoms with van der Waals surface area (Å²) in [4.78, 5) is 2.76. The van der Waals surface area contributed by atoms with Crippen molar-refractivity contribution >= 4 is 21.6 Å². The molecule has 1 N–H and O–H groups in total. The van der Waals surface area contributed by atoms with Crippen LogP contribution in [0.25, 0.3) is 0 Å². The summed E-state index contributed by atoms with van der Waals surface area (Å²) < 4.78 is 33.6. The van der Waals surface area contributed by atoms with Crippen molar-refractivity contribution in [3.8, 4) is 5.75 Å². The molecule has 1 aliphatic carbocycles. The number of rotatable bonds is 9. The lowest BCUT2D eigenvalue weighted by atomic mass is 9.82. The van der Waals surface area contributed by atoms with Gasteiger partial charge in [-0.25, -0.2) is 13.1 Å². The highest BCUT2D eigenvalue weighted by Gasteiger charge is 2.32. The second kappa shape index (κ2) is 9.69. The maximum atomic E-state index is 12.4. The van der Waals surface area contributed by atoms with Crippen LogP contribution in [0.5, 0.6) is 5.75 Å². The molecule has 0 aromatic heterocycles. The Balaban J connectivity index is 1.19. The smallest absolute Gasteiger partial charge is 0.240 e. The minimum absolute atomic E-state index is 0.159. The van der Waals surface area contributed by atoms with Crippen LogP contribution >= 0.6 is 11.6 Å². The Bertz CT molecular complexity index is 920. The molecule has 0 unspecified atom stereocenters. The number of likely N-dealkylation sites (tertiary alicyclic amines) is 1. The zero-order chi connectivity index (χ0) is 21.0. The fourth-order valence-electron chi connectivity index (χ4n) is 4.07. The van der Waals surface area contributed by atoms with E-state index in [1.54, 1.807) is 24.3 Å². The molecular formula is C23H29ClN2O3S. The van der Waals surface area contributed by atoms with Crippen LogP contribution in [-0.4, -0.2) is 39.1 Å². The van der Waals surface area contributed by atoms with Crippen molar-refractivity contribution < 1.29 is 13.2 Å². The second-order valence-corrected chi connectivity index (χ2v) is 10.4. The molecule has 0 spiro atoms. The third-order valence-corrected chi connectivity index (χ3v) is 7.72. The fourth-order valence-corrected chi connectivity index (χ4v) is 5.37. The van der Waals surface area contributed by atoms with Crippen molar-refractivity contribution in [2.24, 2.45) is 5.92 Å². The highest BCUT2D eigenvalue weighted by molar-refractivity contribution is 7.89. The predicted octanol–water partition coefficient (Wildman–Crippen LogP) is 4.16. The van der Waals surface area contributed by atoms with E-state index >= 15 is 0 Å². The quantitative estimate of drug-likeness (QED) is 0.585. The van der Waals surface area contributed by atoms with Crippen molar-refractivity contribution in [2.45, 2.75) is 49.1 Å². The summed E-state index contributed by atoms with van der Waals surface area (Å²) in [5, 5.41) is 0. The first-order valence-electron chi connectivity index (χ1n) is 10.6. The number of nitrogens with one attached hydrogen (secondary N) is 1. The van der Waals surface area contributed by atoms with E-state index in [0.717, 1.165) is 30.7 Å². The summed E-state index contributed by atoms with van der Waals surface area (Å²) in [6.07, 6.45) is 4.50. The minimum Gasteiger partial charge on any atom is -0.490 e. The normalized spacial score (nSPS) is 22.0. The van der Waals surface area contributed by atoms with Crippen molar-refractivity contribution in [1.29, 1.82) is 0 Å². The van der Waals surface area contributed by atoms with Gasteiger partial charge in [0.15, 0.2) is 0 Å². The van der Waals surface area contributed by atoms with Crippen LogP contribution in [0.2, 0.25) is 0 Å². The number of ether oxygens (including phenoxy) is 1. The molecule has 2 aromatic carbocycles. The van der Waals surface area contributed by atoms with Crippen LogP contribution < -0.4 is 9.46 Å². The molecule has 1 saturated carbocycles. The Hall–Kier alpha value is -1.60. The molecule has 1 saturated heterocycles. The lowest BCUT2D eigenvalue weighted by Crippen LogP contribution is -2.41. The van der Waals surface area contributed by atoms with Gasteiger partial charge in [-0.2, -0.15) is 0 Å². The summed E-state index contributed by atoms with van der Waals surface area (Å²) >= 11 is 5.76. The molecule has 1 aliphatic heterocycles. The van der Waals surface area contributed by atoms with Crippen molar-refractivity contribution in [3.63, 3.8) is 0 Å². The standard InChI is InChI=1S/C23H29ClN2O3S/c24-15-18-5-9-23(10-6-18)30(27,28)25-16-20-13-22(14-20)29-21-7-3-19(4-8-21)17-26-11-1-2-12-26/h3-10,20,22,25H,1-2,11-17H2. The average Bonchev–Trinajstić information content (AvgIpc) is 3.24. The third kappa shape index (κ3) is 5.55. The Kier molecular flexibility index (Phi) is 6.98. The highest BCUT2D eigenvalue weighted by Crippen LogP contribution is 2.31. The zero-order valence-electron chi connectivity index (χ0n) is 17.1. The first kappa shape index (κ1) is 21.6. The largest absolute Gasteiger partial charge is 0.490 e. The second-order valence-electron chi connectivity index (χ2n) is 8.33. The predicted molar refractivity (Wildman–Crippen MR) is 119 cm³/mol. The Morgan fingerprint density at radius 1 is 0.967 bits per heavy atom. The van der Waals surface area contributed by atoms with E-state index in [1.165, 1.54) is 31.5 Å². The maximum Gasteiger partial charge on any atom is 0.240 e. The zero-order valence-corrected chi connectivity index (χ0v) is 18.7. The van der Waals surface area contributed by atoms with Crippen molar-refractivity contribution in [2.75, 3.05) is 19.6 Å². The molecule has 0 radical (unpaired) electrons. The van der Waals surface area contributed by atoms with E-state index < -0.39 is 10.0 Å². The van der Waals surface area contributed by atoms with Crippen LogP contribution in [0.15, 0.2) is 53.4 Å². The van der Waals surface area contributed by atoms with E-state index in [2.05, 4.69) is 21.8 Å². The van der Waals surface area contributed by atoms with E-state index in [1.807, 2.05) is 12.1 Å². The summed E-state index contributed by atoms with van der Waals surface area (Å²) in [5.41, 5.74) is 2.22. The third-order valence-electron chi connectivity index (χ3n) is 5.97. The number of hydrogen-bond donors (Lipinski definition) is 1. The molecule has 0 bridgehead atoms. The Morgan fingerprint density at radius 2 is 1.60 bits per heavy atom. The van der Waals surface area contributed by atoms with E-state index in [9.17, 15) is 8.42 Å². The summed E-state index contributed by atoms with van der Waals surface area (Å²) in [5.74, 6) is 1.57. The van der Waals surface area contributed by atoms with Gasteiger partial charge >= 0.3 is 0 Å². The number of hydrogen-bond acceptors (Lipinski definition) is 4. The molecule has 7 heteroatoms. The maximum absolute atomic E-state index is 12.4. The van der Waals surface area contributed by atoms with Gasteiger partial charge in [0.1, 0.15) is 5.75 Å². The Morgan fingerprint density at radius 3 is 2.23 bits per heavy atom. The van der Waals surface area contributed by atoms with Gasteiger partial charge in [0.2, 0.25) is 10.0 Å². The SMILES string of the molecule is O=S(=O)(NCC1CC(Oc2ccc(CN3CCCC3)cc2)C1)c1ccc(CCl)cc1. The van der Waals surface area contributed by atoms with Gasteiger partial charge in [0.05, 0.1) is 11.0 Å².